The minimum absolute atomic E-state index is 0.506. The number of ether oxygens (including phenoxy) is 4. The van der Waals surface area contributed by atoms with Crippen LogP contribution in [0, 0.1) is 0 Å². The van der Waals surface area contributed by atoms with Crippen molar-refractivity contribution in [3.05, 3.63) is 42.5 Å². The first-order valence-corrected chi connectivity index (χ1v) is 10.7. The molecular weight excluding hydrogens is 444 g/mol. The fourth-order valence-electron chi connectivity index (χ4n) is 3.46. The van der Waals surface area contributed by atoms with E-state index in [9.17, 15) is 0 Å². The molecule has 0 aliphatic heterocycles. The van der Waals surface area contributed by atoms with E-state index in [4.69, 9.17) is 24.0 Å². The number of nitrogens with zero attached hydrogens (tertiary/aromatic N) is 5. The van der Waals surface area contributed by atoms with E-state index < -0.39 is 0 Å². The van der Waals surface area contributed by atoms with Crippen molar-refractivity contribution in [3.8, 4) is 56.3 Å². The number of nitrogens with one attached hydrogen (secondary N) is 1. The van der Waals surface area contributed by atoms with Crippen molar-refractivity contribution in [3.63, 3.8) is 0 Å². The van der Waals surface area contributed by atoms with Gasteiger partial charge in [0.25, 0.3) is 0 Å². The molecule has 1 N–H and O–H groups in total. The number of H-pyrrole nitrogens is 1. The van der Waals surface area contributed by atoms with Crippen LogP contribution in [0.3, 0.4) is 0 Å². The van der Waals surface area contributed by atoms with Crippen molar-refractivity contribution in [2.45, 2.75) is 0 Å². The summed E-state index contributed by atoms with van der Waals surface area (Å²) in [5.74, 6) is 2.91. The highest BCUT2D eigenvalue weighted by molar-refractivity contribution is 7.19. The van der Waals surface area contributed by atoms with E-state index in [0.29, 0.717) is 28.0 Å². The lowest BCUT2D eigenvalue weighted by atomic mass is 10.1. The zero-order chi connectivity index (χ0) is 22.9. The third-order valence-corrected chi connectivity index (χ3v) is 6.04. The van der Waals surface area contributed by atoms with Gasteiger partial charge in [-0.2, -0.15) is 14.7 Å². The Hall–Kier alpha value is -4.12. The van der Waals surface area contributed by atoms with E-state index in [1.54, 1.807) is 33.0 Å². The Kier molecular flexibility index (Phi) is 5.31. The van der Waals surface area contributed by atoms with E-state index in [2.05, 4.69) is 20.4 Å². The molecule has 0 saturated carbocycles. The molecule has 0 bridgehead atoms. The van der Waals surface area contributed by atoms with E-state index >= 15 is 0 Å². The smallest absolute Gasteiger partial charge is 0.235 e. The predicted molar refractivity (Wildman–Crippen MR) is 123 cm³/mol. The normalized spacial score (nSPS) is 11.0. The molecule has 10 nitrogen and oxygen atoms in total. The summed E-state index contributed by atoms with van der Waals surface area (Å²) in [7, 11) is 6.34. The molecule has 0 amide bonds. The molecule has 0 radical (unpaired) electrons. The largest absolute Gasteiger partial charge is 0.497 e. The molecule has 11 heteroatoms. The van der Waals surface area contributed by atoms with Crippen LogP contribution in [0.15, 0.2) is 42.5 Å². The predicted octanol–water partition coefficient (Wildman–Crippen LogP) is 3.94. The highest BCUT2D eigenvalue weighted by atomic mass is 32.1. The van der Waals surface area contributed by atoms with E-state index in [1.807, 2.05) is 42.5 Å². The summed E-state index contributed by atoms with van der Waals surface area (Å²) in [5.41, 5.74) is 3.30. The Labute approximate surface area is 192 Å². The molecule has 2 aromatic carbocycles. The highest BCUT2D eigenvalue weighted by Crippen LogP contribution is 2.41. The molecule has 168 valence electrons. The quantitative estimate of drug-likeness (QED) is 0.386. The molecule has 5 rings (SSSR count). The van der Waals surface area contributed by atoms with Crippen LogP contribution >= 0.6 is 11.3 Å². The Balaban J connectivity index is 1.52. The molecule has 0 aliphatic carbocycles. The van der Waals surface area contributed by atoms with Gasteiger partial charge < -0.3 is 18.9 Å². The summed E-state index contributed by atoms with van der Waals surface area (Å²) < 4.78 is 23.2. The van der Waals surface area contributed by atoms with Gasteiger partial charge in [0.15, 0.2) is 22.3 Å². The number of rotatable bonds is 7. The lowest BCUT2D eigenvalue weighted by Crippen LogP contribution is -1.97. The van der Waals surface area contributed by atoms with Gasteiger partial charge in [-0.25, -0.2) is 0 Å². The SMILES string of the molecule is COc1ccc(-c2cc(-c3nn4c(-c5cc(OC)c(OC)c(OC)c5)nnc4s3)[nH]n2)cc1. The van der Waals surface area contributed by atoms with Crippen LogP contribution in [0.4, 0.5) is 0 Å². The molecule has 0 saturated heterocycles. The topological polar surface area (TPSA) is 109 Å². The Morgan fingerprint density at radius 1 is 0.818 bits per heavy atom. The maximum absolute atomic E-state index is 5.46. The first kappa shape index (κ1) is 20.8. The second kappa shape index (κ2) is 8.43. The number of benzene rings is 2. The maximum Gasteiger partial charge on any atom is 0.235 e. The minimum atomic E-state index is 0.506. The summed E-state index contributed by atoms with van der Waals surface area (Å²) in [6, 6.07) is 13.3. The highest BCUT2D eigenvalue weighted by Gasteiger charge is 2.20. The van der Waals surface area contributed by atoms with Gasteiger partial charge in [0.2, 0.25) is 10.7 Å². The summed E-state index contributed by atoms with van der Waals surface area (Å²) in [6.07, 6.45) is 0. The van der Waals surface area contributed by atoms with Crippen LogP contribution in [0.25, 0.3) is 38.3 Å². The number of aromatic nitrogens is 6. The van der Waals surface area contributed by atoms with Crippen LogP contribution in [0.5, 0.6) is 23.0 Å². The first-order chi connectivity index (χ1) is 16.1. The molecule has 0 atom stereocenters. The summed E-state index contributed by atoms with van der Waals surface area (Å²) in [5, 5.41) is 21.5. The molecule has 3 aromatic heterocycles. The Morgan fingerprint density at radius 3 is 2.18 bits per heavy atom. The van der Waals surface area contributed by atoms with Crippen molar-refractivity contribution in [1.82, 2.24) is 30.0 Å². The fourth-order valence-corrected chi connectivity index (χ4v) is 4.26. The fraction of sp³-hybridized carbons (Fsp3) is 0.182. The van der Waals surface area contributed by atoms with Gasteiger partial charge in [0.05, 0.1) is 39.8 Å². The third-order valence-electron chi connectivity index (χ3n) is 5.11. The minimum Gasteiger partial charge on any atom is -0.497 e. The lowest BCUT2D eigenvalue weighted by Gasteiger charge is -2.13. The average molecular weight is 465 g/mol. The van der Waals surface area contributed by atoms with Crippen molar-refractivity contribution in [1.29, 1.82) is 0 Å². The number of aromatic amines is 1. The maximum atomic E-state index is 5.46. The van der Waals surface area contributed by atoms with Gasteiger partial charge in [-0.15, -0.1) is 10.2 Å². The first-order valence-electron chi connectivity index (χ1n) is 9.88. The van der Waals surface area contributed by atoms with Crippen LogP contribution in [-0.4, -0.2) is 58.4 Å². The average Bonchev–Trinajstić information content (AvgIpc) is 3.59. The van der Waals surface area contributed by atoms with Gasteiger partial charge >= 0.3 is 0 Å². The van der Waals surface area contributed by atoms with Crippen molar-refractivity contribution >= 4 is 16.3 Å². The standard InChI is InChI=1S/C22H20N6O4S/c1-29-14-7-5-12(6-8-14)15-11-16(24-23-15)21-27-28-20(25-26-22(28)33-21)13-9-17(30-2)19(32-4)18(10-13)31-3/h5-11H,1-4H3,(H,23,24). The molecule has 0 spiro atoms. The second-order valence-corrected chi connectivity index (χ2v) is 7.89. The van der Waals surface area contributed by atoms with Crippen LogP contribution in [-0.2, 0) is 0 Å². The molecule has 0 unspecified atom stereocenters. The zero-order valence-electron chi connectivity index (χ0n) is 18.3. The van der Waals surface area contributed by atoms with Gasteiger partial charge in [0, 0.05) is 11.1 Å². The zero-order valence-corrected chi connectivity index (χ0v) is 19.1. The summed E-state index contributed by atoms with van der Waals surface area (Å²) in [6.45, 7) is 0. The van der Waals surface area contributed by atoms with Crippen LogP contribution < -0.4 is 18.9 Å². The van der Waals surface area contributed by atoms with Gasteiger partial charge in [0.1, 0.15) is 5.75 Å². The summed E-state index contributed by atoms with van der Waals surface area (Å²) in [4.78, 5) is 0.648. The van der Waals surface area contributed by atoms with E-state index in [0.717, 1.165) is 33.3 Å². The Bertz CT molecular complexity index is 1400. The van der Waals surface area contributed by atoms with Crippen LogP contribution in [0.1, 0.15) is 0 Å². The van der Waals surface area contributed by atoms with Gasteiger partial charge in [-0.05, 0) is 42.5 Å². The number of methoxy groups -OCH3 is 4. The molecule has 0 aliphatic rings. The van der Waals surface area contributed by atoms with E-state index in [-0.39, 0.29) is 0 Å². The monoisotopic (exact) mass is 464 g/mol. The number of hydrogen-bond acceptors (Lipinski definition) is 9. The van der Waals surface area contributed by atoms with Crippen LogP contribution in [0.2, 0.25) is 0 Å². The van der Waals surface area contributed by atoms with Crippen molar-refractivity contribution in [2.75, 3.05) is 28.4 Å². The number of hydrogen-bond donors (Lipinski definition) is 1. The molecule has 33 heavy (non-hydrogen) atoms. The van der Waals surface area contributed by atoms with E-state index in [1.165, 1.54) is 11.3 Å². The van der Waals surface area contributed by atoms with Crippen molar-refractivity contribution in [2.24, 2.45) is 0 Å². The molecular formula is C22H20N6O4S. The van der Waals surface area contributed by atoms with Crippen molar-refractivity contribution < 1.29 is 18.9 Å². The third kappa shape index (κ3) is 3.61. The molecule has 5 aromatic rings. The number of fused-ring (bicyclic) bond motifs is 1. The van der Waals surface area contributed by atoms with Gasteiger partial charge in [-0.3, -0.25) is 5.10 Å². The Morgan fingerprint density at radius 2 is 1.55 bits per heavy atom. The summed E-state index contributed by atoms with van der Waals surface area (Å²) >= 11 is 1.41. The lowest BCUT2D eigenvalue weighted by molar-refractivity contribution is 0.324. The molecule has 3 heterocycles. The molecule has 0 fully saturated rings. The second-order valence-electron chi connectivity index (χ2n) is 6.93. The van der Waals surface area contributed by atoms with Gasteiger partial charge in [-0.1, -0.05) is 11.3 Å².